The Morgan fingerprint density at radius 2 is 1.73 bits per heavy atom. The van der Waals surface area contributed by atoms with Crippen LogP contribution >= 0.6 is 15.9 Å². The van der Waals surface area contributed by atoms with Crippen LogP contribution in [0.25, 0.3) is 0 Å². The number of aromatic amines is 1. The summed E-state index contributed by atoms with van der Waals surface area (Å²) in [5.41, 5.74) is 2.32. The Bertz CT molecular complexity index is 747. The fourth-order valence-electron chi connectivity index (χ4n) is 2.08. The van der Waals surface area contributed by atoms with E-state index in [4.69, 9.17) is 4.74 Å². The molecule has 22 heavy (non-hydrogen) atoms. The van der Waals surface area contributed by atoms with Crippen molar-refractivity contribution in [1.82, 2.24) is 4.98 Å². The van der Waals surface area contributed by atoms with Crippen molar-refractivity contribution in [2.75, 3.05) is 0 Å². The Hall–Kier alpha value is -2.33. The molecule has 0 spiro atoms. The second kappa shape index (κ2) is 6.62. The highest BCUT2D eigenvalue weighted by atomic mass is 79.9. The third kappa shape index (κ3) is 3.46. The van der Waals surface area contributed by atoms with Crippen LogP contribution in [0.15, 0.2) is 71.3 Å². The van der Waals surface area contributed by atoms with E-state index in [1.54, 1.807) is 24.4 Å². The van der Waals surface area contributed by atoms with E-state index >= 15 is 0 Å². The van der Waals surface area contributed by atoms with Gasteiger partial charge in [-0.15, -0.1) is 0 Å². The van der Waals surface area contributed by atoms with Crippen LogP contribution in [0.3, 0.4) is 0 Å². The van der Waals surface area contributed by atoms with Crippen molar-refractivity contribution in [1.29, 1.82) is 0 Å². The number of halogens is 1. The molecule has 1 N–H and O–H groups in total. The van der Waals surface area contributed by atoms with E-state index in [-0.39, 0.29) is 5.78 Å². The highest BCUT2D eigenvalue weighted by molar-refractivity contribution is 9.10. The van der Waals surface area contributed by atoms with E-state index in [9.17, 15) is 4.79 Å². The van der Waals surface area contributed by atoms with Crippen LogP contribution in [-0.4, -0.2) is 10.8 Å². The third-order valence-electron chi connectivity index (χ3n) is 3.28. The third-order valence-corrected chi connectivity index (χ3v) is 3.81. The van der Waals surface area contributed by atoms with Gasteiger partial charge in [0.15, 0.2) is 0 Å². The van der Waals surface area contributed by atoms with Crippen LogP contribution in [0.5, 0.6) is 5.75 Å². The number of carbonyl (C=O) groups excluding carboxylic acids is 1. The normalized spacial score (nSPS) is 10.4. The molecule has 0 amide bonds. The maximum Gasteiger partial charge on any atom is 0.209 e. The van der Waals surface area contributed by atoms with E-state index in [0.717, 1.165) is 15.8 Å². The van der Waals surface area contributed by atoms with Crippen molar-refractivity contribution in [3.63, 3.8) is 0 Å². The number of nitrogens with one attached hydrogen (secondary N) is 1. The quantitative estimate of drug-likeness (QED) is 0.680. The van der Waals surface area contributed by atoms with Gasteiger partial charge in [0.2, 0.25) is 5.78 Å². The fraction of sp³-hybridized carbons (Fsp3) is 0.0556. The lowest BCUT2D eigenvalue weighted by Crippen LogP contribution is -2.01. The molecule has 0 aliphatic heterocycles. The number of hydrogen-bond acceptors (Lipinski definition) is 2. The lowest BCUT2D eigenvalue weighted by atomic mass is 10.1. The second-order valence-corrected chi connectivity index (χ2v) is 5.77. The number of rotatable bonds is 5. The van der Waals surface area contributed by atoms with Crippen LogP contribution in [0.4, 0.5) is 0 Å². The summed E-state index contributed by atoms with van der Waals surface area (Å²) in [5.74, 6) is 0.718. The maximum absolute atomic E-state index is 12.2. The average Bonchev–Trinajstić information content (AvgIpc) is 3.09. The van der Waals surface area contributed by atoms with Crippen molar-refractivity contribution in [3.05, 3.63) is 88.2 Å². The van der Waals surface area contributed by atoms with Crippen LogP contribution in [-0.2, 0) is 6.61 Å². The SMILES string of the molecule is O=C(c1ccc(OCc2ccc(Br)cc2)cc1)c1ccc[nH]1. The molecule has 0 bridgehead atoms. The first-order chi connectivity index (χ1) is 10.7. The molecule has 2 aromatic carbocycles. The van der Waals surface area contributed by atoms with Crippen LogP contribution in [0.2, 0.25) is 0 Å². The minimum absolute atomic E-state index is 0.0236. The van der Waals surface area contributed by atoms with E-state index in [0.29, 0.717) is 17.9 Å². The Morgan fingerprint density at radius 3 is 2.36 bits per heavy atom. The monoisotopic (exact) mass is 355 g/mol. The second-order valence-electron chi connectivity index (χ2n) is 4.85. The number of ketones is 1. The molecule has 0 aliphatic rings. The molecule has 0 unspecified atom stereocenters. The van der Waals surface area contributed by atoms with Crippen molar-refractivity contribution < 1.29 is 9.53 Å². The summed E-state index contributed by atoms with van der Waals surface area (Å²) >= 11 is 3.40. The van der Waals surface area contributed by atoms with Gasteiger partial charge in [-0.25, -0.2) is 0 Å². The van der Waals surface area contributed by atoms with Crippen molar-refractivity contribution in [2.45, 2.75) is 6.61 Å². The number of ether oxygens (including phenoxy) is 1. The number of benzene rings is 2. The molecular weight excluding hydrogens is 342 g/mol. The zero-order valence-corrected chi connectivity index (χ0v) is 13.3. The van der Waals surface area contributed by atoms with Crippen LogP contribution in [0.1, 0.15) is 21.6 Å². The zero-order chi connectivity index (χ0) is 15.4. The van der Waals surface area contributed by atoms with E-state index in [1.807, 2.05) is 42.5 Å². The van der Waals surface area contributed by atoms with Crippen LogP contribution < -0.4 is 4.74 Å². The number of aromatic nitrogens is 1. The molecule has 3 aromatic rings. The minimum atomic E-state index is -0.0236. The molecule has 1 heterocycles. The Balaban J connectivity index is 1.64. The largest absolute Gasteiger partial charge is 0.489 e. The van der Waals surface area contributed by atoms with Crippen molar-refractivity contribution >= 4 is 21.7 Å². The first kappa shape index (κ1) is 14.6. The van der Waals surface area contributed by atoms with Crippen LogP contribution in [0, 0.1) is 0 Å². The van der Waals surface area contributed by atoms with Gasteiger partial charge in [0.25, 0.3) is 0 Å². The summed E-state index contributed by atoms with van der Waals surface area (Å²) in [5, 5.41) is 0. The molecule has 3 rings (SSSR count). The Kier molecular flexibility index (Phi) is 4.39. The molecular formula is C18H14BrNO2. The van der Waals surface area contributed by atoms with Crippen molar-refractivity contribution in [2.24, 2.45) is 0 Å². The van der Waals surface area contributed by atoms with Gasteiger partial charge in [0.1, 0.15) is 12.4 Å². The summed E-state index contributed by atoms with van der Waals surface area (Å²) in [6, 6.07) is 18.7. The van der Waals surface area contributed by atoms with Gasteiger partial charge in [0.05, 0.1) is 5.69 Å². The zero-order valence-electron chi connectivity index (χ0n) is 11.8. The van der Waals surface area contributed by atoms with E-state index in [2.05, 4.69) is 20.9 Å². The Labute approximate surface area is 137 Å². The van der Waals surface area contributed by atoms with E-state index < -0.39 is 0 Å². The first-order valence-electron chi connectivity index (χ1n) is 6.88. The van der Waals surface area contributed by atoms with Crippen molar-refractivity contribution in [3.8, 4) is 5.75 Å². The fourth-order valence-corrected chi connectivity index (χ4v) is 2.34. The lowest BCUT2D eigenvalue weighted by Gasteiger charge is -2.07. The van der Waals surface area contributed by atoms with Gasteiger partial charge in [0, 0.05) is 16.2 Å². The number of hydrogen-bond donors (Lipinski definition) is 1. The lowest BCUT2D eigenvalue weighted by molar-refractivity contribution is 0.103. The molecule has 0 fully saturated rings. The predicted molar refractivity (Wildman–Crippen MR) is 89.1 cm³/mol. The summed E-state index contributed by atoms with van der Waals surface area (Å²) in [4.78, 5) is 15.1. The number of carbonyl (C=O) groups is 1. The first-order valence-corrected chi connectivity index (χ1v) is 7.67. The van der Waals surface area contributed by atoms with Gasteiger partial charge in [-0.1, -0.05) is 28.1 Å². The van der Waals surface area contributed by atoms with Gasteiger partial charge in [-0.3, -0.25) is 4.79 Å². The molecule has 0 saturated heterocycles. The van der Waals surface area contributed by atoms with Gasteiger partial charge in [-0.05, 0) is 54.1 Å². The summed E-state index contributed by atoms with van der Waals surface area (Å²) < 4.78 is 6.77. The standard InChI is InChI=1S/C18H14BrNO2/c19-15-7-3-13(4-8-15)12-22-16-9-5-14(6-10-16)18(21)17-2-1-11-20-17/h1-11,20H,12H2. The summed E-state index contributed by atoms with van der Waals surface area (Å²) in [7, 11) is 0. The molecule has 0 aliphatic carbocycles. The molecule has 110 valence electrons. The van der Waals surface area contributed by atoms with Gasteiger partial charge < -0.3 is 9.72 Å². The maximum atomic E-state index is 12.2. The van der Waals surface area contributed by atoms with Gasteiger partial charge in [-0.2, -0.15) is 0 Å². The topological polar surface area (TPSA) is 42.1 Å². The Morgan fingerprint density at radius 1 is 1.00 bits per heavy atom. The average molecular weight is 356 g/mol. The molecule has 3 nitrogen and oxygen atoms in total. The predicted octanol–water partition coefficient (Wildman–Crippen LogP) is 4.59. The summed E-state index contributed by atoms with van der Waals surface area (Å²) in [6.07, 6.45) is 1.74. The smallest absolute Gasteiger partial charge is 0.209 e. The minimum Gasteiger partial charge on any atom is -0.489 e. The van der Waals surface area contributed by atoms with Gasteiger partial charge >= 0.3 is 0 Å². The molecule has 0 atom stereocenters. The molecule has 0 saturated carbocycles. The summed E-state index contributed by atoms with van der Waals surface area (Å²) in [6.45, 7) is 0.497. The molecule has 0 radical (unpaired) electrons. The molecule has 4 heteroatoms. The van der Waals surface area contributed by atoms with E-state index in [1.165, 1.54) is 0 Å². The highest BCUT2D eigenvalue weighted by Crippen LogP contribution is 2.17. The number of H-pyrrole nitrogens is 1. The molecule has 1 aromatic heterocycles. The highest BCUT2D eigenvalue weighted by Gasteiger charge is 2.09.